The van der Waals surface area contributed by atoms with Crippen LogP contribution < -0.4 is 10.2 Å². The molecule has 1 saturated heterocycles. The molecule has 0 radical (unpaired) electrons. The van der Waals surface area contributed by atoms with E-state index in [1.165, 1.54) is 19.2 Å². The number of aliphatic hydroxyl groups excluding tert-OH is 2. The molecule has 3 N–H and O–H groups in total. The van der Waals surface area contributed by atoms with Crippen LogP contribution >= 0.6 is 0 Å². The highest BCUT2D eigenvalue weighted by molar-refractivity contribution is 5.88. The van der Waals surface area contributed by atoms with Gasteiger partial charge in [-0.2, -0.15) is 0 Å². The van der Waals surface area contributed by atoms with Crippen LogP contribution in [0.3, 0.4) is 0 Å². The fourth-order valence-corrected chi connectivity index (χ4v) is 3.77. The zero-order chi connectivity index (χ0) is 20.7. The number of fused-ring (bicyclic) bond motifs is 1. The summed E-state index contributed by atoms with van der Waals surface area (Å²) in [5.74, 6) is 0.330. The fourth-order valence-electron chi connectivity index (χ4n) is 3.77. The molecule has 0 spiro atoms. The van der Waals surface area contributed by atoms with Gasteiger partial charge < -0.3 is 29.2 Å². The number of ether oxygens (including phenoxy) is 2. The normalized spacial score (nSPS) is 24.6. The van der Waals surface area contributed by atoms with Crippen molar-refractivity contribution < 1.29 is 29.2 Å². The first-order chi connectivity index (χ1) is 13.9. The predicted molar refractivity (Wildman–Crippen MR) is 106 cm³/mol. The summed E-state index contributed by atoms with van der Waals surface area (Å²) in [5.41, 5.74) is 0.753. The van der Waals surface area contributed by atoms with Crippen LogP contribution in [0.2, 0.25) is 0 Å². The monoisotopic (exact) mass is 398 g/mol. The maximum Gasteiger partial charge on any atom is 0.197 e. The molecule has 0 amide bonds. The Morgan fingerprint density at radius 2 is 1.86 bits per heavy atom. The Bertz CT molecular complexity index is 1080. The van der Waals surface area contributed by atoms with E-state index in [4.69, 9.17) is 13.9 Å². The van der Waals surface area contributed by atoms with E-state index in [0.717, 1.165) is 5.56 Å². The average Bonchev–Trinajstić information content (AvgIpc) is 2.71. The van der Waals surface area contributed by atoms with Crippen molar-refractivity contribution in [2.45, 2.75) is 37.8 Å². The molecule has 0 aliphatic carbocycles. The molecule has 7 nitrogen and oxygen atoms in total. The molecular weight excluding hydrogens is 376 g/mol. The zero-order valence-electron chi connectivity index (χ0n) is 16.0. The molecule has 4 atom stereocenters. The number of benzene rings is 2. The molecule has 2 heterocycles. The minimum absolute atomic E-state index is 0.0114. The van der Waals surface area contributed by atoms with E-state index in [9.17, 15) is 20.1 Å². The van der Waals surface area contributed by atoms with Crippen molar-refractivity contribution in [2.24, 2.45) is 0 Å². The molecule has 2 aromatic carbocycles. The molecule has 1 aliphatic rings. The minimum atomic E-state index is -1.03. The first-order valence-electron chi connectivity index (χ1n) is 9.35. The molecule has 0 bridgehead atoms. The molecule has 1 aromatic heterocycles. The third-order valence-corrected chi connectivity index (χ3v) is 5.30. The van der Waals surface area contributed by atoms with Crippen LogP contribution in [0.4, 0.5) is 0 Å². The Morgan fingerprint density at radius 3 is 2.52 bits per heavy atom. The molecule has 7 heteroatoms. The van der Waals surface area contributed by atoms with Gasteiger partial charge in [0.25, 0.3) is 0 Å². The van der Waals surface area contributed by atoms with Crippen LogP contribution in [0.15, 0.2) is 51.7 Å². The lowest BCUT2D eigenvalue weighted by Crippen LogP contribution is -2.44. The molecule has 1 aliphatic heterocycles. The Kier molecular flexibility index (Phi) is 5.04. The smallest absolute Gasteiger partial charge is 0.197 e. The quantitative estimate of drug-likeness (QED) is 0.622. The Labute approximate surface area is 166 Å². The van der Waals surface area contributed by atoms with Gasteiger partial charge in [0.1, 0.15) is 34.3 Å². The van der Waals surface area contributed by atoms with Gasteiger partial charge in [0.15, 0.2) is 5.43 Å². The van der Waals surface area contributed by atoms with Crippen molar-refractivity contribution in [1.29, 1.82) is 0 Å². The molecular formula is C22H22O7. The van der Waals surface area contributed by atoms with Crippen molar-refractivity contribution in [3.05, 3.63) is 58.3 Å². The molecule has 29 heavy (non-hydrogen) atoms. The SMILES string of the molecule is COc1cc2oc(-c3ccccc3)cc(=O)c2c(O)c1[C@H]1C[C@@H](O)[C@H](O)C(C)O1. The highest BCUT2D eigenvalue weighted by Gasteiger charge is 2.38. The van der Waals surface area contributed by atoms with Crippen LogP contribution in [-0.2, 0) is 4.74 Å². The first-order valence-corrected chi connectivity index (χ1v) is 9.35. The summed E-state index contributed by atoms with van der Waals surface area (Å²) in [6.45, 7) is 1.63. The number of aromatic hydroxyl groups is 1. The highest BCUT2D eigenvalue weighted by atomic mass is 16.5. The van der Waals surface area contributed by atoms with Gasteiger partial charge in [-0.25, -0.2) is 0 Å². The van der Waals surface area contributed by atoms with Crippen LogP contribution in [-0.4, -0.2) is 40.7 Å². The lowest BCUT2D eigenvalue weighted by Gasteiger charge is -2.36. The van der Waals surface area contributed by atoms with E-state index in [1.54, 1.807) is 6.92 Å². The summed E-state index contributed by atoms with van der Waals surface area (Å²) < 4.78 is 17.1. The number of aliphatic hydroxyl groups is 2. The van der Waals surface area contributed by atoms with Crippen molar-refractivity contribution in [1.82, 2.24) is 0 Å². The van der Waals surface area contributed by atoms with Crippen LogP contribution in [0.5, 0.6) is 11.5 Å². The van der Waals surface area contributed by atoms with Gasteiger partial charge in [0.05, 0.1) is 31.0 Å². The fraction of sp³-hybridized carbons (Fsp3) is 0.318. The summed E-state index contributed by atoms with van der Waals surface area (Å²) >= 11 is 0. The molecule has 1 unspecified atom stereocenters. The molecule has 3 aromatic rings. The topological polar surface area (TPSA) is 109 Å². The van der Waals surface area contributed by atoms with Crippen LogP contribution in [0, 0.1) is 0 Å². The van der Waals surface area contributed by atoms with Gasteiger partial charge in [0.2, 0.25) is 0 Å². The van der Waals surface area contributed by atoms with E-state index in [-0.39, 0.29) is 34.5 Å². The lowest BCUT2D eigenvalue weighted by molar-refractivity contribution is -0.164. The van der Waals surface area contributed by atoms with Crippen molar-refractivity contribution in [3.63, 3.8) is 0 Å². The number of phenolic OH excluding ortho intramolecular Hbond substituents is 1. The van der Waals surface area contributed by atoms with E-state index in [1.807, 2.05) is 30.3 Å². The van der Waals surface area contributed by atoms with Crippen LogP contribution in [0.1, 0.15) is 25.0 Å². The van der Waals surface area contributed by atoms with E-state index < -0.39 is 29.8 Å². The minimum Gasteiger partial charge on any atom is -0.506 e. The lowest BCUT2D eigenvalue weighted by atomic mass is 9.92. The third-order valence-electron chi connectivity index (χ3n) is 5.30. The maximum absolute atomic E-state index is 12.8. The largest absolute Gasteiger partial charge is 0.506 e. The van der Waals surface area contributed by atoms with Crippen molar-refractivity contribution in [2.75, 3.05) is 7.11 Å². The number of hydrogen-bond donors (Lipinski definition) is 3. The number of methoxy groups -OCH3 is 1. The molecule has 1 fully saturated rings. The van der Waals surface area contributed by atoms with Gasteiger partial charge in [-0.3, -0.25) is 4.79 Å². The zero-order valence-corrected chi connectivity index (χ0v) is 16.0. The summed E-state index contributed by atoms with van der Waals surface area (Å²) in [4.78, 5) is 12.8. The van der Waals surface area contributed by atoms with Crippen LogP contribution in [0.25, 0.3) is 22.3 Å². The van der Waals surface area contributed by atoms with E-state index in [2.05, 4.69) is 0 Å². The van der Waals surface area contributed by atoms with E-state index in [0.29, 0.717) is 5.76 Å². The van der Waals surface area contributed by atoms with Gasteiger partial charge >= 0.3 is 0 Å². The molecule has 4 rings (SSSR count). The Balaban J connectivity index is 1.88. The van der Waals surface area contributed by atoms with Gasteiger partial charge in [0, 0.05) is 24.1 Å². The number of phenols is 1. The Morgan fingerprint density at radius 1 is 1.14 bits per heavy atom. The average molecular weight is 398 g/mol. The Hall–Kier alpha value is -2.87. The van der Waals surface area contributed by atoms with Gasteiger partial charge in [-0.1, -0.05) is 30.3 Å². The number of hydrogen-bond acceptors (Lipinski definition) is 7. The maximum atomic E-state index is 12.8. The van der Waals surface area contributed by atoms with Gasteiger partial charge in [-0.05, 0) is 6.92 Å². The second-order valence-corrected chi connectivity index (χ2v) is 7.18. The van der Waals surface area contributed by atoms with Crippen molar-refractivity contribution in [3.8, 4) is 22.8 Å². The highest BCUT2D eigenvalue weighted by Crippen LogP contribution is 2.44. The van der Waals surface area contributed by atoms with E-state index >= 15 is 0 Å². The summed E-state index contributed by atoms with van der Waals surface area (Å²) in [6.07, 6.45) is -3.41. The second-order valence-electron chi connectivity index (χ2n) is 7.18. The van der Waals surface area contributed by atoms with Gasteiger partial charge in [-0.15, -0.1) is 0 Å². The molecule has 152 valence electrons. The number of rotatable bonds is 3. The summed E-state index contributed by atoms with van der Waals surface area (Å²) in [7, 11) is 1.43. The first kappa shape index (κ1) is 19.4. The molecule has 0 saturated carbocycles. The third kappa shape index (κ3) is 3.37. The summed E-state index contributed by atoms with van der Waals surface area (Å²) in [5, 5.41) is 31.0. The van der Waals surface area contributed by atoms with Crippen molar-refractivity contribution >= 4 is 11.0 Å². The standard InChI is InChI=1S/C22H22O7/c1-11-21(25)14(24)9-17(28-11)20-16(27-2)10-18-19(22(20)26)13(23)8-15(29-18)12-6-4-3-5-7-12/h3-8,10-11,14,17,21,24-26H,9H2,1-2H3/t11?,14-,17-,21-/m1/s1. The predicted octanol–water partition coefficient (Wildman–Crippen LogP) is 2.75. The second kappa shape index (κ2) is 7.51. The summed E-state index contributed by atoms with van der Waals surface area (Å²) in [6, 6.07) is 12.0.